The molecule has 0 saturated carbocycles. The van der Waals surface area contributed by atoms with Gasteiger partial charge in [0.15, 0.2) is 0 Å². The van der Waals surface area contributed by atoms with E-state index in [0.717, 1.165) is 16.6 Å². The standard InChI is InChI=1S/C26H24FN3O4/c1-32-19-12-17(13-20(14-19)33-2)15-28-26(31)21-9-11-23-24(25(21)34-3)22(29-30-23)10-6-16-4-7-18(27)8-5-16/h4-14H,15H2,1-3H3,(H,28,31)(H,29,30)/b10-6+. The molecule has 0 aliphatic carbocycles. The number of benzene rings is 3. The third-order valence-electron chi connectivity index (χ3n) is 5.33. The number of aromatic nitrogens is 2. The molecule has 4 rings (SSSR count). The van der Waals surface area contributed by atoms with Crippen LogP contribution in [0.1, 0.15) is 27.2 Å². The largest absolute Gasteiger partial charge is 0.497 e. The smallest absolute Gasteiger partial charge is 0.255 e. The van der Waals surface area contributed by atoms with Crippen LogP contribution < -0.4 is 19.5 Å². The number of H-pyrrole nitrogens is 1. The second-order valence-electron chi connectivity index (χ2n) is 7.47. The highest BCUT2D eigenvalue weighted by molar-refractivity contribution is 6.05. The average Bonchev–Trinajstić information content (AvgIpc) is 3.29. The van der Waals surface area contributed by atoms with E-state index < -0.39 is 0 Å². The van der Waals surface area contributed by atoms with Gasteiger partial charge in [-0.05, 0) is 53.6 Å². The fourth-order valence-electron chi connectivity index (χ4n) is 3.61. The highest BCUT2D eigenvalue weighted by Gasteiger charge is 2.19. The van der Waals surface area contributed by atoms with Crippen LogP contribution in [-0.2, 0) is 6.54 Å². The summed E-state index contributed by atoms with van der Waals surface area (Å²) in [6.07, 6.45) is 3.61. The maximum absolute atomic E-state index is 13.2. The number of fused-ring (bicyclic) bond motifs is 1. The minimum Gasteiger partial charge on any atom is -0.497 e. The summed E-state index contributed by atoms with van der Waals surface area (Å²) in [5.41, 5.74) is 3.35. The number of hydrogen-bond acceptors (Lipinski definition) is 5. The molecule has 7 nitrogen and oxygen atoms in total. The lowest BCUT2D eigenvalue weighted by molar-refractivity contribution is 0.0948. The number of amides is 1. The molecule has 1 heterocycles. The molecule has 4 aromatic rings. The van der Waals surface area contributed by atoms with E-state index >= 15 is 0 Å². The van der Waals surface area contributed by atoms with Crippen LogP contribution in [0.5, 0.6) is 17.2 Å². The summed E-state index contributed by atoms with van der Waals surface area (Å²) in [7, 11) is 4.66. The molecule has 8 heteroatoms. The summed E-state index contributed by atoms with van der Waals surface area (Å²) in [5, 5.41) is 10.9. The van der Waals surface area contributed by atoms with Crippen molar-refractivity contribution in [3.63, 3.8) is 0 Å². The summed E-state index contributed by atoms with van der Waals surface area (Å²) in [5.74, 6) is 1.09. The summed E-state index contributed by atoms with van der Waals surface area (Å²) in [6.45, 7) is 0.274. The lowest BCUT2D eigenvalue weighted by Crippen LogP contribution is -2.23. The third kappa shape index (κ3) is 4.85. The molecule has 174 valence electrons. The Labute approximate surface area is 196 Å². The first kappa shape index (κ1) is 22.8. The second-order valence-corrected chi connectivity index (χ2v) is 7.47. The molecule has 0 radical (unpaired) electrons. The minimum absolute atomic E-state index is 0.274. The molecule has 2 N–H and O–H groups in total. The van der Waals surface area contributed by atoms with Crippen molar-refractivity contribution in [1.29, 1.82) is 0 Å². The first-order valence-electron chi connectivity index (χ1n) is 10.5. The van der Waals surface area contributed by atoms with Crippen LogP contribution >= 0.6 is 0 Å². The van der Waals surface area contributed by atoms with Gasteiger partial charge in [-0.1, -0.05) is 18.2 Å². The highest BCUT2D eigenvalue weighted by atomic mass is 19.1. The van der Waals surface area contributed by atoms with E-state index in [0.29, 0.717) is 33.9 Å². The lowest BCUT2D eigenvalue weighted by Gasteiger charge is -2.12. The molecule has 0 bridgehead atoms. The Kier molecular flexibility index (Phi) is 6.77. The summed E-state index contributed by atoms with van der Waals surface area (Å²) < 4.78 is 29.4. The van der Waals surface area contributed by atoms with E-state index in [2.05, 4.69) is 15.5 Å². The van der Waals surface area contributed by atoms with E-state index in [1.54, 1.807) is 50.6 Å². The van der Waals surface area contributed by atoms with Gasteiger partial charge >= 0.3 is 0 Å². The van der Waals surface area contributed by atoms with E-state index in [9.17, 15) is 9.18 Å². The van der Waals surface area contributed by atoms with Gasteiger partial charge in [-0.25, -0.2) is 4.39 Å². The van der Waals surface area contributed by atoms with Crippen LogP contribution in [0.15, 0.2) is 54.6 Å². The Balaban J connectivity index is 1.61. The van der Waals surface area contributed by atoms with Gasteiger partial charge in [0.25, 0.3) is 5.91 Å². The molecule has 34 heavy (non-hydrogen) atoms. The van der Waals surface area contributed by atoms with Gasteiger partial charge in [0.05, 0.1) is 43.5 Å². The van der Waals surface area contributed by atoms with E-state index in [1.807, 2.05) is 18.2 Å². The van der Waals surface area contributed by atoms with Crippen molar-refractivity contribution in [2.24, 2.45) is 0 Å². The number of ether oxygens (including phenoxy) is 3. The van der Waals surface area contributed by atoms with Gasteiger partial charge in [-0.15, -0.1) is 0 Å². The van der Waals surface area contributed by atoms with Gasteiger partial charge in [-0.2, -0.15) is 5.10 Å². The molecule has 0 saturated heterocycles. The number of methoxy groups -OCH3 is 3. The van der Waals surface area contributed by atoms with Crippen LogP contribution in [0.3, 0.4) is 0 Å². The quantitative estimate of drug-likeness (QED) is 0.393. The Hall–Kier alpha value is -4.33. The van der Waals surface area contributed by atoms with Crippen LogP contribution in [0.2, 0.25) is 0 Å². The first-order chi connectivity index (χ1) is 16.5. The van der Waals surface area contributed by atoms with Crippen molar-refractivity contribution >= 4 is 29.0 Å². The van der Waals surface area contributed by atoms with Crippen molar-refractivity contribution in [1.82, 2.24) is 15.5 Å². The summed E-state index contributed by atoms with van der Waals surface area (Å²) >= 11 is 0. The number of halogens is 1. The monoisotopic (exact) mass is 461 g/mol. The van der Waals surface area contributed by atoms with Gasteiger partial charge < -0.3 is 19.5 Å². The predicted molar refractivity (Wildman–Crippen MR) is 129 cm³/mol. The molecule has 0 aliphatic heterocycles. The Morgan fingerprint density at radius 3 is 2.32 bits per heavy atom. The van der Waals surface area contributed by atoms with Crippen molar-refractivity contribution in [3.8, 4) is 17.2 Å². The first-order valence-corrected chi connectivity index (χ1v) is 10.5. The molecule has 3 aromatic carbocycles. The normalized spacial score (nSPS) is 11.1. The number of nitrogens with one attached hydrogen (secondary N) is 2. The maximum Gasteiger partial charge on any atom is 0.255 e. The zero-order chi connectivity index (χ0) is 24.1. The lowest BCUT2D eigenvalue weighted by atomic mass is 10.1. The van der Waals surface area contributed by atoms with E-state index in [1.165, 1.54) is 19.2 Å². The Morgan fingerprint density at radius 2 is 1.68 bits per heavy atom. The highest BCUT2D eigenvalue weighted by Crippen LogP contribution is 2.32. The minimum atomic E-state index is -0.299. The number of carbonyl (C=O) groups is 1. The Morgan fingerprint density at radius 1 is 0.971 bits per heavy atom. The van der Waals surface area contributed by atoms with Crippen LogP contribution in [-0.4, -0.2) is 37.4 Å². The molecule has 0 aliphatic rings. The molecule has 1 amide bonds. The van der Waals surface area contributed by atoms with E-state index in [4.69, 9.17) is 14.2 Å². The summed E-state index contributed by atoms with van der Waals surface area (Å²) in [4.78, 5) is 13.1. The number of rotatable bonds is 8. The fraction of sp³-hybridized carbons (Fsp3) is 0.154. The van der Waals surface area contributed by atoms with E-state index in [-0.39, 0.29) is 18.3 Å². The second kappa shape index (κ2) is 10.1. The van der Waals surface area contributed by atoms with Crippen LogP contribution in [0.25, 0.3) is 23.1 Å². The topological polar surface area (TPSA) is 85.5 Å². The van der Waals surface area contributed by atoms with Gasteiger partial charge in [-0.3, -0.25) is 9.89 Å². The van der Waals surface area contributed by atoms with Crippen LogP contribution in [0, 0.1) is 5.82 Å². The van der Waals surface area contributed by atoms with Crippen molar-refractivity contribution < 1.29 is 23.4 Å². The van der Waals surface area contributed by atoms with Gasteiger partial charge in [0, 0.05) is 12.6 Å². The average molecular weight is 461 g/mol. The molecule has 0 fully saturated rings. The molecular formula is C26H24FN3O4. The molecular weight excluding hydrogens is 437 g/mol. The fourth-order valence-corrected chi connectivity index (χ4v) is 3.61. The molecule has 1 aromatic heterocycles. The van der Waals surface area contributed by atoms with Crippen molar-refractivity contribution in [2.75, 3.05) is 21.3 Å². The molecule has 0 unspecified atom stereocenters. The molecule has 0 atom stereocenters. The summed E-state index contributed by atoms with van der Waals surface area (Å²) in [6, 6.07) is 15.0. The number of aromatic amines is 1. The zero-order valence-electron chi connectivity index (χ0n) is 19.0. The SMILES string of the molecule is COc1cc(CNC(=O)c2ccc3[nH]nc(/C=C/c4ccc(F)cc4)c3c2OC)cc(OC)c1. The number of hydrogen-bond donors (Lipinski definition) is 2. The zero-order valence-corrected chi connectivity index (χ0v) is 19.0. The number of nitrogens with zero attached hydrogens (tertiary/aromatic N) is 1. The number of carbonyl (C=O) groups excluding carboxylic acids is 1. The van der Waals surface area contributed by atoms with Crippen molar-refractivity contribution in [2.45, 2.75) is 6.54 Å². The van der Waals surface area contributed by atoms with Gasteiger partial charge in [0.1, 0.15) is 23.1 Å². The maximum atomic E-state index is 13.2. The van der Waals surface area contributed by atoms with Crippen molar-refractivity contribution in [3.05, 3.63) is 82.8 Å². The predicted octanol–water partition coefficient (Wildman–Crippen LogP) is 4.83. The van der Waals surface area contributed by atoms with Crippen LogP contribution in [0.4, 0.5) is 4.39 Å². The molecule has 0 spiro atoms. The van der Waals surface area contributed by atoms with Gasteiger partial charge in [0.2, 0.25) is 0 Å². The Bertz CT molecular complexity index is 1320. The third-order valence-corrected chi connectivity index (χ3v) is 5.33.